The normalized spacial score (nSPS) is 13.9. The van der Waals surface area contributed by atoms with E-state index in [0.29, 0.717) is 6.04 Å². The lowest BCUT2D eigenvalue weighted by Crippen LogP contribution is -2.35. The van der Waals surface area contributed by atoms with E-state index in [1.165, 1.54) is 17.7 Å². The minimum atomic E-state index is 0.455. The summed E-state index contributed by atoms with van der Waals surface area (Å²) in [6.07, 6.45) is 5.91. The van der Waals surface area contributed by atoms with Crippen LogP contribution < -0.4 is 4.90 Å². The molecule has 0 spiro atoms. The molecule has 0 aliphatic carbocycles. The third kappa shape index (κ3) is 2.46. The summed E-state index contributed by atoms with van der Waals surface area (Å²) >= 11 is 0. The molecular weight excluding hydrogens is 270 g/mol. The van der Waals surface area contributed by atoms with E-state index < -0.39 is 0 Å². The number of hydrogen-bond acceptors (Lipinski definition) is 3. The van der Waals surface area contributed by atoms with Gasteiger partial charge in [-0.15, -0.1) is 0 Å². The minimum absolute atomic E-state index is 0.455. The van der Waals surface area contributed by atoms with Crippen LogP contribution >= 0.6 is 0 Å². The molecule has 1 aromatic carbocycles. The predicted octanol–water partition coefficient (Wildman–Crippen LogP) is 4.09. The Morgan fingerprint density at radius 3 is 2.77 bits per heavy atom. The molecule has 3 heteroatoms. The van der Waals surface area contributed by atoms with Crippen molar-refractivity contribution in [1.29, 1.82) is 5.26 Å². The van der Waals surface area contributed by atoms with Gasteiger partial charge in [0, 0.05) is 41.8 Å². The number of nitrogens with zero attached hydrogens (tertiary/aromatic N) is 3. The number of aromatic nitrogens is 1. The van der Waals surface area contributed by atoms with E-state index >= 15 is 0 Å². The third-order valence-electron chi connectivity index (χ3n) is 4.45. The zero-order chi connectivity index (χ0) is 15.7. The molecule has 3 nitrogen and oxygen atoms in total. The lowest BCUT2D eigenvalue weighted by Gasteiger charge is -2.35. The van der Waals surface area contributed by atoms with Gasteiger partial charge in [-0.2, -0.15) is 5.26 Å². The zero-order valence-corrected chi connectivity index (χ0v) is 13.4. The monoisotopic (exact) mass is 291 g/mol. The van der Waals surface area contributed by atoms with Crippen LogP contribution in [0.25, 0.3) is 11.1 Å². The summed E-state index contributed by atoms with van der Waals surface area (Å²) in [5.41, 5.74) is 6.53. The van der Waals surface area contributed by atoms with E-state index in [4.69, 9.17) is 0 Å². The van der Waals surface area contributed by atoms with Crippen molar-refractivity contribution in [1.82, 2.24) is 4.98 Å². The Hall–Kier alpha value is -2.34. The second kappa shape index (κ2) is 5.81. The van der Waals surface area contributed by atoms with E-state index in [9.17, 15) is 5.26 Å². The highest BCUT2D eigenvalue weighted by Crippen LogP contribution is 2.36. The lowest BCUT2D eigenvalue weighted by atomic mass is 9.91. The molecule has 0 amide bonds. The van der Waals surface area contributed by atoms with Gasteiger partial charge in [0.2, 0.25) is 0 Å². The first-order chi connectivity index (χ1) is 10.6. The highest BCUT2D eigenvalue weighted by Gasteiger charge is 2.22. The Kier molecular flexibility index (Phi) is 3.85. The molecule has 0 atom stereocenters. The second-order valence-corrected chi connectivity index (χ2v) is 6.22. The average Bonchev–Trinajstić information content (AvgIpc) is 2.53. The molecule has 1 aliphatic heterocycles. The van der Waals surface area contributed by atoms with Crippen molar-refractivity contribution in [3.05, 3.63) is 47.3 Å². The van der Waals surface area contributed by atoms with Gasteiger partial charge in [0.15, 0.2) is 0 Å². The molecule has 112 valence electrons. The Morgan fingerprint density at radius 2 is 2.09 bits per heavy atom. The fraction of sp³-hybridized carbons (Fsp3) is 0.368. The molecule has 1 aliphatic rings. The van der Waals surface area contributed by atoms with Crippen LogP contribution in [0.5, 0.6) is 0 Å². The van der Waals surface area contributed by atoms with Crippen LogP contribution in [0, 0.1) is 18.3 Å². The molecule has 22 heavy (non-hydrogen) atoms. The van der Waals surface area contributed by atoms with Crippen LogP contribution in [-0.4, -0.2) is 17.6 Å². The number of rotatable bonds is 2. The van der Waals surface area contributed by atoms with E-state index in [1.54, 1.807) is 6.20 Å². The average molecular weight is 291 g/mol. The number of hydrogen-bond donors (Lipinski definition) is 0. The van der Waals surface area contributed by atoms with Gasteiger partial charge in [-0.25, -0.2) is 0 Å². The maximum absolute atomic E-state index is 9.61. The van der Waals surface area contributed by atoms with Gasteiger partial charge in [-0.1, -0.05) is 0 Å². The first-order valence-electron chi connectivity index (χ1n) is 7.86. The zero-order valence-electron chi connectivity index (χ0n) is 13.4. The predicted molar refractivity (Wildman–Crippen MR) is 89.9 cm³/mol. The standard InChI is InChI=1S/C19H21N3/c1-13(2)22-8-4-5-15-9-17(16(11-20)10-19(15)22)18-12-21-7-6-14(18)3/h6-7,9-10,12-13H,4-5,8H2,1-3H3. The highest BCUT2D eigenvalue weighted by molar-refractivity contribution is 5.77. The molecule has 0 fully saturated rings. The Labute approximate surface area is 132 Å². The van der Waals surface area contributed by atoms with Crippen molar-refractivity contribution in [3.63, 3.8) is 0 Å². The van der Waals surface area contributed by atoms with Gasteiger partial charge in [-0.3, -0.25) is 4.98 Å². The topological polar surface area (TPSA) is 39.9 Å². The Morgan fingerprint density at radius 1 is 1.27 bits per heavy atom. The first kappa shape index (κ1) is 14.6. The summed E-state index contributed by atoms with van der Waals surface area (Å²) < 4.78 is 0. The molecule has 1 aromatic heterocycles. The molecule has 2 aromatic rings. The number of benzene rings is 1. The summed E-state index contributed by atoms with van der Waals surface area (Å²) in [4.78, 5) is 6.64. The maximum atomic E-state index is 9.61. The second-order valence-electron chi connectivity index (χ2n) is 6.22. The molecular formula is C19H21N3. The smallest absolute Gasteiger partial charge is 0.0998 e. The van der Waals surface area contributed by atoms with Gasteiger partial charge < -0.3 is 4.90 Å². The Balaban J connectivity index is 2.19. The van der Waals surface area contributed by atoms with Crippen molar-refractivity contribution in [2.24, 2.45) is 0 Å². The number of nitriles is 1. The summed E-state index contributed by atoms with van der Waals surface area (Å²) in [6, 6.07) is 9.09. The molecule has 0 radical (unpaired) electrons. The van der Waals surface area contributed by atoms with Crippen LogP contribution in [0.15, 0.2) is 30.6 Å². The van der Waals surface area contributed by atoms with Crippen LogP contribution in [0.4, 0.5) is 5.69 Å². The van der Waals surface area contributed by atoms with Gasteiger partial charge in [0.05, 0.1) is 11.6 Å². The summed E-state index contributed by atoms with van der Waals surface area (Å²) in [5.74, 6) is 0. The van der Waals surface area contributed by atoms with Crippen molar-refractivity contribution >= 4 is 5.69 Å². The Bertz CT molecular complexity index is 741. The lowest BCUT2D eigenvalue weighted by molar-refractivity contribution is 0.625. The first-order valence-corrected chi connectivity index (χ1v) is 7.86. The van der Waals surface area contributed by atoms with Gasteiger partial charge in [0.1, 0.15) is 0 Å². The molecule has 2 heterocycles. The SMILES string of the molecule is Cc1ccncc1-c1cc2c(cc1C#N)N(C(C)C)CCC2. The van der Waals surface area contributed by atoms with Crippen molar-refractivity contribution in [2.75, 3.05) is 11.4 Å². The minimum Gasteiger partial charge on any atom is -0.369 e. The van der Waals surface area contributed by atoms with Crippen LogP contribution in [0.2, 0.25) is 0 Å². The van der Waals surface area contributed by atoms with Crippen LogP contribution in [-0.2, 0) is 6.42 Å². The third-order valence-corrected chi connectivity index (χ3v) is 4.45. The van der Waals surface area contributed by atoms with Crippen LogP contribution in [0.3, 0.4) is 0 Å². The molecule has 3 rings (SSSR count). The van der Waals surface area contributed by atoms with Gasteiger partial charge in [0.25, 0.3) is 0 Å². The molecule has 0 saturated heterocycles. The fourth-order valence-corrected chi connectivity index (χ4v) is 3.26. The maximum Gasteiger partial charge on any atom is 0.0998 e. The van der Waals surface area contributed by atoms with E-state index in [-0.39, 0.29) is 0 Å². The summed E-state index contributed by atoms with van der Waals surface area (Å²) in [5, 5.41) is 9.61. The van der Waals surface area contributed by atoms with E-state index in [1.807, 2.05) is 12.3 Å². The van der Waals surface area contributed by atoms with Crippen molar-refractivity contribution in [2.45, 2.75) is 39.7 Å². The fourth-order valence-electron chi connectivity index (χ4n) is 3.26. The van der Waals surface area contributed by atoms with E-state index in [0.717, 1.165) is 35.2 Å². The molecule has 0 N–H and O–H groups in total. The number of fused-ring (bicyclic) bond motifs is 1. The van der Waals surface area contributed by atoms with Gasteiger partial charge in [-0.05, 0) is 62.9 Å². The molecule has 0 unspecified atom stereocenters. The number of pyridine rings is 1. The number of aryl methyl sites for hydroxylation is 2. The number of anilines is 1. The molecule has 0 saturated carbocycles. The van der Waals surface area contributed by atoms with Crippen molar-refractivity contribution in [3.8, 4) is 17.2 Å². The summed E-state index contributed by atoms with van der Waals surface area (Å²) in [6.45, 7) is 7.56. The summed E-state index contributed by atoms with van der Waals surface area (Å²) in [7, 11) is 0. The van der Waals surface area contributed by atoms with Crippen molar-refractivity contribution < 1.29 is 0 Å². The van der Waals surface area contributed by atoms with Gasteiger partial charge >= 0.3 is 0 Å². The van der Waals surface area contributed by atoms with E-state index in [2.05, 4.69) is 48.9 Å². The highest BCUT2D eigenvalue weighted by atomic mass is 15.2. The largest absolute Gasteiger partial charge is 0.369 e. The quantitative estimate of drug-likeness (QED) is 0.836. The van der Waals surface area contributed by atoms with Crippen LogP contribution in [0.1, 0.15) is 37.0 Å². The molecule has 0 bridgehead atoms.